The van der Waals surface area contributed by atoms with E-state index in [1.165, 1.54) is 0 Å². The first-order valence-corrected chi connectivity index (χ1v) is 9.41. The molecule has 0 saturated carbocycles. The Morgan fingerprint density at radius 1 is 1.07 bits per heavy atom. The smallest absolute Gasteiger partial charge is 0.255 e. The summed E-state index contributed by atoms with van der Waals surface area (Å²) < 4.78 is 0. The minimum absolute atomic E-state index is 0.0176. The molecule has 4 rings (SSSR count). The highest BCUT2D eigenvalue weighted by Gasteiger charge is 2.26. The summed E-state index contributed by atoms with van der Waals surface area (Å²) in [5, 5.41) is 3.21. The van der Waals surface area contributed by atoms with Crippen LogP contribution in [0.1, 0.15) is 40.5 Å². The lowest BCUT2D eigenvalue weighted by atomic mass is 9.94. The van der Waals surface area contributed by atoms with Crippen LogP contribution in [-0.4, -0.2) is 43.8 Å². The lowest BCUT2D eigenvalue weighted by Crippen LogP contribution is -2.39. The molecule has 0 spiro atoms. The second kappa shape index (κ2) is 8.12. The second-order valence-electron chi connectivity index (χ2n) is 6.95. The van der Waals surface area contributed by atoms with Crippen molar-refractivity contribution in [3.63, 3.8) is 0 Å². The van der Waals surface area contributed by atoms with Gasteiger partial charge < -0.3 is 10.2 Å². The third kappa shape index (κ3) is 4.14. The van der Waals surface area contributed by atoms with Gasteiger partial charge in [0.1, 0.15) is 11.6 Å². The van der Waals surface area contributed by atoms with Gasteiger partial charge in [-0.05, 0) is 44.0 Å². The van der Waals surface area contributed by atoms with Crippen LogP contribution < -0.4 is 5.32 Å². The van der Waals surface area contributed by atoms with Gasteiger partial charge in [-0.1, -0.05) is 6.07 Å². The molecular formula is C21H22N6O. The SMILES string of the molecule is Cc1cccc(Nc2cncc([C@H]3CCCN(C(=O)c4cccnc4)C3)n2)n1. The number of hydrogen-bond acceptors (Lipinski definition) is 6. The van der Waals surface area contributed by atoms with Crippen LogP contribution in [-0.2, 0) is 0 Å². The maximum absolute atomic E-state index is 12.7. The van der Waals surface area contributed by atoms with Gasteiger partial charge in [-0.2, -0.15) is 0 Å². The average Bonchev–Trinajstić information content (AvgIpc) is 2.74. The molecule has 1 saturated heterocycles. The van der Waals surface area contributed by atoms with Crippen LogP contribution in [0.5, 0.6) is 0 Å². The largest absolute Gasteiger partial charge is 0.338 e. The van der Waals surface area contributed by atoms with E-state index in [4.69, 9.17) is 4.98 Å². The number of aromatic nitrogens is 4. The van der Waals surface area contributed by atoms with Crippen molar-refractivity contribution in [3.8, 4) is 0 Å². The first-order valence-electron chi connectivity index (χ1n) is 9.41. The number of nitrogens with zero attached hydrogens (tertiary/aromatic N) is 5. The molecular weight excluding hydrogens is 352 g/mol. The zero-order valence-electron chi connectivity index (χ0n) is 15.7. The summed E-state index contributed by atoms with van der Waals surface area (Å²) in [6.07, 6.45) is 8.69. The highest BCUT2D eigenvalue weighted by atomic mass is 16.2. The number of pyridine rings is 2. The number of likely N-dealkylation sites (tertiary alicyclic amines) is 1. The maximum atomic E-state index is 12.7. The van der Waals surface area contributed by atoms with Gasteiger partial charge in [-0.3, -0.25) is 14.8 Å². The lowest BCUT2D eigenvalue weighted by molar-refractivity contribution is 0.0705. The summed E-state index contributed by atoms with van der Waals surface area (Å²) in [5.74, 6) is 1.58. The van der Waals surface area contributed by atoms with Crippen LogP contribution in [0.2, 0.25) is 0 Å². The summed E-state index contributed by atoms with van der Waals surface area (Å²) in [6.45, 7) is 3.33. The molecule has 142 valence electrons. The predicted molar refractivity (Wildman–Crippen MR) is 106 cm³/mol. The molecule has 0 aromatic carbocycles. The normalized spacial score (nSPS) is 16.6. The van der Waals surface area contributed by atoms with Crippen LogP contribution in [0.3, 0.4) is 0 Å². The molecule has 28 heavy (non-hydrogen) atoms. The van der Waals surface area contributed by atoms with E-state index < -0.39 is 0 Å². The molecule has 1 N–H and O–H groups in total. The van der Waals surface area contributed by atoms with Gasteiger partial charge in [0.15, 0.2) is 0 Å². The van der Waals surface area contributed by atoms with Crippen molar-refractivity contribution >= 4 is 17.5 Å². The molecule has 3 aromatic rings. The molecule has 0 aliphatic carbocycles. The van der Waals surface area contributed by atoms with Crippen LogP contribution in [0.4, 0.5) is 11.6 Å². The topological polar surface area (TPSA) is 83.9 Å². The van der Waals surface area contributed by atoms with Gasteiger partial charge in [0.25, 0.3) is 5.91 Å². The number of carbonyl (C=O) groups is 1. The molecule has 0 bridgehead atoms. The molecule has 1 atom stereocenters. The number of anilines is 2. The van der Waals surface area contributed by atoms with E-state index in [1.807, 2.05) is 30.0 Å². The molecule has 7 nitrogen and oxygen atoms in total. The number of rotatable bonds is 4. The average molecular weight is 374 g/mol. The Hall–Kier alpha value is -3.35. The Labute approximate surface area is 163 Å². The quantitative estimate of drug-likeness (QED) is 0.754. The van der Waals surface area contributed by atoms with Crippen molar-refractivity contribution in [1.82, 2.24) is 24.8 Å². The van der Waals surface area contributed by atoms with Crippen molar-refractivity contribution in [2.24, 2.45) is 0 Å². The van der Waals surface area contributed by atoms with Crippen molar-refractivity contribution in [1.29, 1.82) is 0 Å². The fourth-order valence-electron chi connectivity index (χ4n) is 3.46. The van der Waals surface area contributed by atoms with Crippen LogP contribution >= 0.6 is 0 Å². The van der Waals surface area contributed by atoms with Gasteiger partial charge in [-0.15, -0.1) is 0 Å². The van der Waals surface area contributed by atoms with E-state index >= 15 is 0 Å². The van der Waals surface area contributed by atoms with Crippen molar-refractivity contribution in [2.45, 2.75) is 25.7 Å². The molecule has 7 heteroatoms. The van der Waals surface area contributed by atoms with Gasteiger partial charge >= 0.3 is 0 Å². The zero-order chi connectivity index (χ0) is 19.3. The molecule has 3 aromatic heterocycles. The van der Waals surface area contributed by atoms with Crippen molar-refractivity contribution < 1.29 is 4.79 Å². The van der Waals surface area contributed by atoms with Gasteiger partial charge in [-0.25, -0.2) is 9.97 Å². The monoisotopic (exact) mass is 374 g/mol. The molecule has 4 heterocycles. The Bertz CT molecular complexity index is 962. The third-order valence-electron chi connectivity index (χ3n) is 4.83. The van der Waals surface area contributed by atoms with E-state index in [0.717, 1.165) is 36.6 Å². The first-order chi connectivity index (χ1) is 13.7. The zero-order valence-corrected chi connectivity index (χ0v) is 15.7. The maximum Gasteiger partial charge on any atom is 0.255 e. The minimum Gasteiger partial charge on any atom is -0.338 e. The second-order valence-corrected chi connectivity index (χ2v) is 6.95. The fraction of sp³-hybridized carbons (Fsp3) is 0.286. The molecule has 1 amide bonds. The summed E-state index contributed by atoms with van der Waals surface area (Å²) in [7, 11) is 0. The minimum atomic E-state index is 0.0176. The number of piperidine rings is 1. The van der Waals surface area contributed by atoms with E-state index in [2.05, 4.69) is 20.3 Å². The Balaban J connectivity index is 1.48. The highest BCUT2D eigenvalue weighted by molar-refractivity contribution is 5.94. The molecule has 1 aliphatic rings. The van der Waals surface area contributed by atoms with Crippen LogP contribution in [0.15, 0.2) is 55.1 Å². The Kier molecular flexibility index (Phi) is 5.23. The standard InChI is InChI=1S/C21H22N6O/c1-15-5-2-8-19(24-15)26-20-13-23-12-18(25-20)17-7-4-10-27(14-17)21(28)16-6-3-9-22-11-16/h2-3,5-6,8-9,11-13,17H,4,7,10,14H2,1H3,(H,24,25,26)/t17-/m0/s1. The highest BCUT2D eigenvalue weighted by Crippen LogP contribution is 2.27. The molecule has 1 fully saturated rings. The summed E-state index contributed by atoms with van der Waals surface area (Å²) >= 11 is 0. The number of carbonyl (C=O) groups excluding carboxylic acids is 1. The van der Waals surface area contributed by atoms with Crippen LogP contribution in [0.25, 0.3) is 0 Å². The van der Waals surface area contributed by atoms with Gasteiger partial charge in [0.05, 0.1) is 17.5 Å². The molecule has 0 unspecified atom stereocenters. The summed E-state index contributed by atoms with van der Waals surface area (Å²) in [4.78, 5) is 32.2. The molecule has 0 radical (unpaired) electrons. The number of aryl methyl sites for hydroxylation is 1. The van der Waals surface area contributed by atoms with E-state index in [-0.39, 0.29) is 11.8 Å². The van der Waals surface area contributed by atoms with E-state index in [0.29, 0.717) is 17.9 Å². The number of nitrogens with one attached hydrogen (secondary N) is 1. The van der Waals surface area contributed by atoms with Crippen molar-refractivity contribution in [2.75, 3.05) is 18.4 Å². The van der Waals surface area contributed by atoms with Crippen LogP contribution in [0, 0.1) is 6.92 Å². The summed E-state index contributed by atoms with van der Waals surface area (Å²) in [5.41, 5.74) is 2.45. The summed E-state index contributed by atoms with van der Waals surface area (Å²) in [6, 6.07) is 9.39. The first kappa shape index (κ1) is 18.0. The Morgan fingerprint density at radius 2 is 2.00 bits per heavy atom. The number of hydrogen-bond donors (Lipinski definition) is 1. The third-order valence-corrected chi connectivity index (χ3v) is 4.83. The van der Waals surface area contributed by atoms with Gasteiger partial charge in [0, 0.05) is 43.3 Å². The van der Waals surface area contributed by atoms with Crippen molar-refractivity contribution in [3.05, 3.63) is 72.1 Å². The Morgan fingerprint density at radius 3 is 2.82 bits per heavy atom. The number of amides is 1. The van der Waals surface area contributed by atoms with Gasteiger partial charge in [0.2, 0.25) is 0 Å². The predicted octanol–water partition coefficient (Wildman–Crippen LogP) is 3.34. The van der Waals surface area contributed by atoms with E-state index in [1.54, 1.807) is 36.9 Å². The van der Waals surface area contributed by atoms with E-state index in [9.17, 15) is 4.79 Å². The fourth-order valence-corrected chi connectivity index (χ4v) is 3.46. The molecule has 1 aliphatic heterocycles. The lowest BCUT2D eigenvalue weighted by Gasteiger charge is -2.32.